The van der Waals surface area contributed by atoms with E-state index >= 15 is 0 Å². The van der Waals surface area contributed by atoms with Crippen LogP contribution in [0.4, 0.5) is 22.7 Å². The molecule has 8 heteroatoms. The fourth-order valence-corrected chi connectivity index (χ4v) is 3.68. The summed E-state index contributed by atoms with van der Waals surface area (Å²) >= 11 is 0. The molecule has 0 aliphatic carbocycles. The zero-order valence-corrected chi connectivity index (χ0v) is 20.1. The summed E-state index contributed by atoms with van der Waals surface area (Å²) < 4.78 is 0. The Balaban J connectivity index is 0.000000211. The third-order valence-electron chi connectivity index (χ3n) is 5.39. The van der Waals surface area contributed by atoms with Crippen molar-refractivity contribution in [2.75, 3.05) is 0 Å². The highest BCUT2D eigenvalue weighted by atomic mass is 16.1. The first-order chi connectivity index (χ1) is 18.7. The van der Waals surface area contributed by atoms with E-state index in [9.17, 15) is 19.2 Å². The van der Waals surface area contributed by atoms with Crippen molar-refractivity contribution < 1.29 is 19.2 Å². The molecule has 0 radical (unpaired) electrons. The number of hydrogen-bond acceptors (Lipinski definition) is 8. The van der Waals surface area contributed by atoms with Gasteiger partial charge in [-0.25, -0.2) is 19.2 Å². The van der Waals surface area contributed by atoms with Crippen molar-refractivity contribution in [2.45, 2.75) is 12.8 Å². The largest absolute Gasteiger partial charge is 0.240 e. The van der Waals surface area contributed by atoms with Crippen LogP contribution in [0, 0.1) is 0 Å². The fraction of sp³-hybridized carbons (Fsp3) is 0.0667. The normalized spacial score (nSPS) is 9.26. The SMILES string of the molecule is O=C=Nc1ccccc1Cc1ccccc1N=C=O.O=C=Nc1ccccc1Cc1ccccc1N=C=O. The highest BCUT2D eigenvalue weighted by molar-refractivity contribution is 5.60. The van der Waals surface area contributed by atoms with E-state index in [1.807, 2.05) is 48.5 Å². The Morgan fingerprint density at radius 2 is 0.579 bits per heavy atom. The lowest BCUT2D eigenvalue weighted by molar-refractivity contribution is 0.564. The lowest BCUT2D eigenvalue weighted by Crippen LogP contribution is -1.89. The van der Waals surface area contributed by atoms with Gasteiger partial charge in [-0.3, -0.25) is 0 Å². The molecule has 8 nitrogen and oxygen atoms in total. The van der Waals surface area contributed by atoms with Gasteiger partial charge in [0, 0.05) is 12.8 Å². The van der Waals surface area contributed by atoms with Crippen molar-refractivity contribution in [1.29, 1.82) is 0 Å². The molecule has 0 fully saturated rings. The van der Waals surface area contributed by atoms with Crippen LogP contribution in [-0.2, 0) is 32.0 Å². The molecule has 4 aromatic rings. The lowest BCUT2D eigenvalue weighted by Gasteiger charge is -2.06. The van der Waals surface area contributed by atoms with Crippen LogP contribution in [0.3, 0.4) is 0 Å². The number of aliphatic imine (C=N–C) groups is 4. The molecule has 0 N–H and O–H groups in total. The standard InChI is InChI=1S/2C15H10N2O2/c2*18-10-16-14-7-3-1-5-12(14)9-13-6-2-4-8-15(13)17-11-19/h2*1-8H,9H2. The van der Waals surface area contributed by atoms with Gasteiger partial charge in [-0.15, -0.1) is 0 Å². The van der Waals surface area contributed by atoms with E-state index in [0.29, 0.717) is 35.6 Å². The summed E-state index contributed by atoms with van der Waals surface area (Å²) in [6.45, 7) is 0. The molecule has 0 atom stereocenters. The third kappa shape index (κ3) is 7.70. The molecule has 4 aromatic carbocycles. The lowest BCUT2D eigenvalue weighted by atomic mass is 10.0. The van der Waals surface area contributed by atoms with Crippen molar-refractivity contribution in [2.24, 2.45) is 20.0 Å². The molecule has 0 saturated heterocycles. The Hall–Kier alpha value is -5.60. The Morgan fingerprint density at radius 1 is 0.368 bits per heavy atom. The van der Waals surface area contributed by atoms with Gasteiger partial charge in [0.2, 0.25) is 24.3 Å². The van der Waals surface area contributed by atoms with Crippen LogP contribution >= 0.6 is 0 Å². The van der Waals surface area contributed by atoms with Gasteiger partial charge in [0.05, 0.1) is 22.7 Å². The van der Waals surface area contributed by atoms with E-state index in [1.165, 1.54) is 24.3 Å². The Kier molecular flexibility index (Phi) is 10.5. The highest BCUT2D eigenvalue weighted by Crippen LogP contribution is 2.27. The first-order valence-electron chi connectivity index (χ1n) is 11.3. The number of carbonyl (C=O) groups excluding carboxylic acids is 4. The summed E-state index contributed by atoms with van der Waals surface area (Å²) in [6.07, 6.45) is 7.22. The quantitative estimate of drug-likeness (QED) is 0.205. The van der Waals surface area contributed by atoms with E-state index < -0.39 is 0 Å². The zero-order valence-electron chi connectivity index (χ0n) is 20.1. The van der Waals surface area contributed by atoms with Gasteiger partial charge in [0.25, 0.3) is 0 Å². The summed E-state index contributed by atoms with van der Waals surface area (Å²) in [5.41, 5.74) is 5.78. The van der Waals surface area contributed by atoms with Crippen LogP contribution in [0.15, 0.2) is 117 Å². The molecule has 184 valence electrons. The molecule has 0 spiro atoms. The second-order valence-electron chi connectivity index (χ2n) is 7.68. The Labute approximate surface area is 218 Å². The molecule has 0 aromatic heterocycles. The summed E-state index contributed by atoms with van der Waals surface area (Å²) in [7, 11) is 0. The first kappa shape index (κ1) is 27.0. The van der Waals surface area contributed by atoms with E-state index in [-0.39, 0.29) is 0 Å². The van der Waals surface area contributed by atoms with Crippen LogP contribution in [0.1, 0.15) is 22.3 Å². The summed E-state index contributed by atoms with van der Waals surface area (Å²) in [4.78, 5) is 56.2. The second-order valence-corrected chi connectivity index (χ2v) is 7.68. The monoisotopic (exact) mass is 500 g/mol. The smallest absolute Gasteiger partial charge is 0.211 e. The van der Waals surface area contributed by atoms with Crippen molar-refractivity contribution in [1.82, 2.24) is 0 Å². The van der Waals surface area contributed by atoms with Crippen molar-refractivity contribution in [3.8, 4) is 0 Å². The molecule has 0 aliphatic heterocycles. The predicted molar refractivity (Wildman–Crippen MR) is 143 cm³/mol. The molecule has 0 heterocycles. The number of hydrogen-bond donors (Lipinski definition) is 0. The maximum atomic E-state index is 10.4. The topological polar surface area (TPSA) is 118 Å². The minimum Gasteiger partial charge on any atom is -0.211 e. The van der Waals surface area contributed by atoms with Gasteiger partial charge >= 0.3 is 0 Å². The van der Waals surface area contributed by atoms with Crippen LogP contribution in [0.25, 0.3) is 0 Å². The molecule has 0 amide bonds. The van der Waals surface area contributed by atoms with Gasteiger partial charge in [-0.2, -0.15) is 20.0 Å². The number of rotatable bonds is 8. The number of para-hydroxylation sites is 4. The third-order valence-corrected chi connectivity index (χ3v) is 5.39. The highest BCUT2D eigenvalue weighted by Gasteiger charge is 2.07. The van der Waals surface area contributed by atoms with Crippen LogP contribution in [0.2, 0.25) is 0 Å². The summed E-state index contributed by atoms with van der Waals surface area (Å²) in [5.74, 6) is 0. The van der Waals surface area contributed by atoms with E-state index in [4.69, 9.17) is 0 Å². The van der Waals surface area contributed by atoms with Crippen molar-refractivity contribution >= 4 is 47.1 Å². The molecular formula is C30H20N4O4. The minimum atomic E-state index is 0.530. The Morgan fingerprint density at radius 3 is 0.789 bits per heavy atom. The van der Waals surface area contributed by atoms with Gasteiger partial charge in [-0.1, -0.05) is 72.8 Å². The molecule has 0 saturated carbocycles. The molecule has 4 rings (SSSR count). The van der Waals surface area contributed by atoms with Crippen molar-refractivity contribution in [3.63, 3.8) is 0 Å². The summed E-state index contributed by atoms with van der Waals surface area (Å²) in [6, 6.07) is 29.1. The summed E-state index contributed by atoms with van der Waals surface area (Å²) in [5, 5.41) is 0. The Bertz CT molecular complexity index is 1370. The van der Waals surface area contributed by atoms with E-state index in [0.717, 1.165) is 22.3 Å². The van der Waals surface area contributed by atoms with Gasteiger partial charge in [0.15, 0.2) is 0 Å². The minimum absolute atomic E-state index is 0.530. The van der Waals surface area contributed by atoms with E-state index in [1.54, 1.807) is 48.5 Å². The average molecular weight is 501 g/mol. The van der Waals surface area contributed by atoms with Crippen LogP contribution in [-0.4, -0.2) is 24.3 Å². The van der Waals surface area contributed by atoms with Gasteiger partial charge in [-0.05, 0) is 46.5 Å². The molecule has 0 aliphatic rings. The predicted octanol–water partition coefficient (Wildman–Crippen LogP) is 6.42. The average Bonchev–Trinajstić information content (AvgIpc) is 2.94. The maximum Gasteiger partial charge on any atom is 0.240 e. The van der Waals surface area contributed by atoms with Crippen LogP contribution in [0.5, 0.6) is 0 Å². The first-order valence-corrected chi connectivity index (χ1v) is 11.3. The number of isocyanates is 4. The maximum absolute atomic E-state index is 10.4. The number of benzene rings is 4. The van der Waals surface area contributed by atoms with Crippen molar-refractivity contribution in [3.05, 3.63) is 119 Å². The molecular weight excluding hydrogens is 480 g/mol. The van der Waals surface area contributed by atoms with Crippen LogP contribution < -0.4 is 0 Å². The molecule has 0 unspecified atom stereocenters. The van der Waals surface area contributed by atoms with Gasteiger partial charge < -0.3 is 0 Å². The molecule has 38 heavy (non-hydrogen) atoms. The molecule has 0 bridgehead atoms. The second kappa shape index (κ2) is 14.7. The number of nitrogens with zero attached hydrogens (tertiary/aromatic N) is 4. The van der Waals surface area contributed by atoms with Gasteiger partial charge in [0.1, 0.15) is 0 Å². The zero-order chi connectivity index (χ0) is 27.0. The van der Waals surface area contributed by atoms with E-state index in [2.05, 4.69) is 20.0 Å². The fourth-order valence-electron chi connectivity index (χ4n) is 3.68.